The number of nitrogens with two attached hydrogens (primary N) is 1. The molecule has 0 spiro atoms. The van der Waals surface area contributed by atoms with Crippen LogP contribution in [0.5, 0.6) is 5.75 Å². The maximum atomic E-state index is 13.5. The minimum atomic E-state index is -0.751. The normalized spacial score (nSPS) is 10.2. The average molecular weight is 292 g/mol. The van der Waals surface area contributed by atoms with Gasteiger partial charge in [-0.25, -0.2) is 8.78 Å². The number of nitrogen functional groups attached to an aromatic ring is 1. The van der Waals surface area contributed by atoms with Gasteiger partial charge >= 0.3 is 0 Å². The molecule has 2 rings (SSSR count). The summed E-state index contributed by atoms with van der Waals surface area (Å²) < 4.78 is 31.9. The molecule has 6 heteroatoms. The zero-order chi connectivity index (χ0) is 15.4. The first-order valence-electron chi connectivity index (χ1n) is 6.17. The van der Waals surface area contributed by atoms with Gasteiger partial charge in [0.15, 0.2) is 0 Å². The number of hydrogen-bond donors (Lipinski definition) is 2. The van der Waals surface area contributed by atoms with E-state index in [2.05, 4.69) is 5.32 Å². The van der Waals surface area contributed by atoms with Crippen molar-refractivity contribution in [2.24, 2.45) is 0 Å². The second kappa shape index (κ2) is 6.21. The fourth-order valence-electron chi connectivity index (χ4n) is 1.88. The molecule has 0 unspecified atom stereocenters. The number of nitrogens with one attached hydrogen (secondary N) is 1. The van der Waals surface area contributed by atoms with Crippen molar-refractivity contribution < 1.29 is 18.3 Å². The summed E-state index contributed by atoms with van der Waals surface area (Å²) in [5, 5.41) is 2.53. The molecule has 0 heterocycles. The van der Waals surface area contributed by atoms with Crippen LogP contribution in [0.4, 0.5) is 20.2 Å². The standard InChI is InChI=1S/C15H14F2N2O2/c1-21-14-6-5-9(7-13(14)18)19-15(20)8-10-11(16)3-2-4-12(10)17/h2-7H,8,18H2,1H3,(H,19,20). The Labute approximate surface area is 120 Å². The molecule has 2 aromatic carbocycles. The van der Waals surface area contributed by atoms with Crippen LogP contribution in [0.15, 0.2) is 36.4 Å². The van der Waals surface area contributed by atoms with Crippen LogP contribution in [-0.4, -0.2) is 13.0 Å². The lowest BCUT2D eigenvalue weighted by Gasteiger charge is -2.09. The van der Waals surface area contributed by atoms with E-state index in [-0.39, 0.29) is 5.56 Å². The summed E-state index contributed by atoms with van der Waals surface area (Å²) in [6, 6.07) is 8.15. The number of carbonyl (C=O) groups is 1. The Morgan fingerprint density at radius 1 is 1.24 bits per heavy atom. The van der Waals surface area contributed by atoms with Crippen molar-refractivity contribution in [1.82, 2.24) is 0 Å². The third kappa shape index (κ3) is 3.47. The predicted molar refractivity (Wildman–Crippen MR) is 76.1 cm³/mol. The minimum absolute atomic E-state index is 0.267. The molecule has 3 N–H and O–H groups in total. The summed E-state index contributed by atoms with van der Waals surface area (Å²) >= 11 is 0. The van der Waals surface area contributed by atoms with Gasteiger partial charge in [-0.3, -0.25) is 4.79 Å². The van der Waals surface area contributed by atoms with Crippen LogP contribution in [0.3, 0.4) is 0 Å². The second-order valence-corrected chi connectivity index (χ2v) is 4.38. The topological polar surface area (TPSA) is 64.3 Å². The summed E-state index contributed by atoms with van der Waals surface area (Å²) in [5.74, 6) is -1.56. The van der Waals surface area contributed by atoms with Crippen LogP contribution in [0.25, 0.3) is 0 Å². The SMILES string of the molecule is COc1ccc(NC(=O)Cc2c(F)cccc2F)cc1N. The fraction of sp³-hybridized carbons (Fsp3) is 0.133. The van der Waals surface area contributed by atoms with E-state index in [1.165, 1.54) is 19.2 Å². The van der Waals surface area contributed by atoms with Gasteiger partial charge in [-0.1, -0.05) is 6.07 Å². The van der Waals surface area contributed by atoms with Gasteiger partial charge in [-0.05, 0) is 30.3 Å². The fourth-order valence-corrected chi connectivity index (χ4v) is 1.88. The molecule has 1 amide bonds. The molecular weight excluding hydrogens is 278 g/mol. The lowest BCUT2D eigenvalue weighted by atomic mass is 10.1. The van der Waals surface area contributed by atoms with Crippen LogP contribution in [0.2, 0.25) is 0 Å². The molecule has 21 heavy (non-hydrogen) atoms. The van der Waals surface area contributed by atoms with Crippen molar-refractivity contribution in [2.45, 2.75) is 6.42 Å². The smallest absolute Gasteiger partial charge is 0.229 e. The van der Waals surface area contributed by atoms with E-state index in [1.807, 2.05) is 0 Å². The van der Waals surface area contributed by atoms with Gasteiger partial charge in [0, 0.05) is 11.3 Å². The Hall–Kier alpha value is -2.63. The molecule has 0 atom stereocenters. The maximum Gasteiger partial charge on any atom is 0.229 e. The highest BCUT2D eigenvalue weighted by molar-refractivity contribution is 5.93. The van der Waals surface area contributed by atoms with Crippen molar-refractivity contribution in [2.75, 3.05) is 18.2 Å². The van der Waals surface area contributed by atoms with E-state index in [9.17, 15) is 13.6 Å². The molecule has 0 radical (unpaired) electrons. The second-order valence-electron chi connectivity index (χ2n) is 4.38. The Morgan fingerprint density at radius 2 is 1.90 bits per heavy atom. The van der Waals surface area contributed by atoms with Gasteiger partial charge in [-0.15, -0.1) is 0 Å². The Balaban J connectivity index is 2.10. The van der Waals surface area contributed by atoms with Crippen molar-refractivity contribution in [1.29, 1.82) is 0 Å². The number of hydrogen-bond acceptors (Lipinski definition) is 3. The van der Waals surface area contributed by atoms with Crippen molar-refractivity contribution in [3.8, 4) is 5.75 Å². The molecule has 0 fully saturated rings. The zero-order valence-electron chi connectivity index (χ0n) is 11.3. The number of carbonyl (C=O) groups excluding carboxylic acids is 1. The Kier molecular flexibility index (Phi) is 4.37. The quantitative estimate of drug-likeness (QED) is 0.852. The average Bonchev–Trinajstić information content (AvgIpc) is 2.43. The van der Waals surface area contributed by atoms with Crippen LogP contribution in [-0.2, 0) is 11.2 Å². The Morgan fingerprint density at radius 3 is 2.48 bits per heavy atom. The van der Waals surface area contributed by atoms with Gasteiger partial charge in [0.2, 0.25) is 5.91 Å². The summed E-state index contributed by atoms with van der Waals surface area (Å²) in [6.07, 6.45) is -0.398. The molecule has 0 bridgehead atoms. The molecule has 2 aromatic rings. The highest BCUT2D eigenvalue weighted by atomic mass is 19.1. The first-order valence-corrected chi connectivity index (χ1v) is 6.17. The van der Waals surface area contributed by atoms with Crippen LogP contribution >= 0.6 is 0 Å². The first kappa shape index (κ1) is 14.8. The molecule has 4 nitrogen and oxygen atoms in total. The number of benzene rings is 2. The highest BCUT2D eigenvalue weighted by Crippen LogP contribution is 2.24. The number of rotatable bonds is 4. The van der Waals surface area contributed by atoms with Gasteiger partial charge in [0.05, 0.1) is 19.2 Å². The molecule has 0 aliphatic rings. The predicted octanol–water partition coefficient (Wildman–Crippen LogP) is 2.74. The lowest BCUT2D eigenvalue weighted by Crippen LogP contribution is -2.16. The minimum Gasteiger partial charge on any atom is -0.495 e. The molecule has 0 saturated heterocycles. The maximum absolute atomic E-state index is 13.5. The number of ether oxygens (including phenoxy) is 1. The highest BCUT2D eigenvalue weighted by Gasteiger charge is 2.13. The monoisotopic (exact) mass is 292 g/mol. The zero-order valence-corrected chi connectivity index (χ0v) is 11.3. The van der Waals surface area contributed by atoms with Crippen molar-refractivity contribution in [3.05, 3.63) is 53.6 Å². The summed E-state index contributed by atoms with van der Waals surface area (Å²) in [4.78, 5) is 11.8. The number of amides is 1. The van der Waals surface area contributed by atoms with Crippen LogP contribution in [0.1, 0.15) is 5.56 Å². The van der Waals surface area contributed by atoms with E-state index >= 15 is 0 Å². The van der Waals surface area contributed by atoms with Crippen molar-refractivity contribution in [3.63, 3.8) is 0 Å². The van der Waals surface area contributed by atoms with E-state index in [4.69, 9.17) is 10.5 Å². The van der Waals surface area contributed by atoms with Crippen molar-refractivity contribution >= 4 is 17.3 Å². The number of anilines is 2. The van der Waals surface area contributed by atoms with Crippen LogP contribution < -0.4 is 15.8 Å². The molecular formula is C15H14F2N2O2. The lowest BCUT2D eigenvalue weighted by molar-refractivity contribution is -0.115. The largest absolute Gasteiger partial charge is 0.495 e. The van der Waals surface area contributed by atoms with Crippen LogP contribution in [0, 0.1) is 11.6 Å². The molecule has 0 aliphatic carbocycles. The summed E-state index contributed by atoms with van der Waals surface area (Å²) in [6.45, 7) is 0. The van der Waals surface area contributed by atoms with Gasteiger partial charge in [-0.2, -0.15) is 0 Å². The van der Waals surface area contributed by atoms with Gasteiger partial charge in [0.1, 0.15) is 17.4 Å². The molecule has 0 saturated carbocycles. The first-order chi connectivity index (χ1) is 10.0. The molecule has 110 valence electrons. The summed E-state index contributed by atoms with van der Waals surface area (Å²) in [7, 11) is 1.48. The van der Waals surface area contributed by atoms with Gasteiger partial charge in [0.25, 0.3) is 0 Å². The van der Waals surface area contributed by atoms with E-state index < -0.39 is 24.0 Å². The van der Waals surface area contributed by atoms with Gasteiger partial charge < -0.3 is 15.8 Å². The van der Waals surface area contributed by atoms with E-state index in [0.717, 1.165) is 12.1 Å². The number of methoxy groups -OCH3 is 1. The number of halogens is 2. The third-order valence-corrected chi connectivity index (χ3v) is 2.91. The molecule has 0 aliphatic heterocycles. The third-order valence-electron chi connectivity index (χ3n) is 2.91. The molecule has 0 aromatic heterocycles. The summed E-state index contributed by atoms with van der Waals surface area (Å²) in [5.41, 5.74) is 6.22. The van der Waals surface area contributed by atoms with E-state index in [0.29, 0.717) is 17.1 Å². The van der Waals surface area contributed by atoms with E-state index in [1.54, 1.807) is 12.1 Å². The Bertz CT molecular complexity index is 654.